The number of esters is 4. The lowest BCUT2D eigenvalue weighted by Crippen LogP contribution is -2.70. The monoisotopic (exact) mass is 778 g/mol. The molecule has 56 heavy (non-hydrogen) atoms. The van der Waals surface area contributed by atoms with E-state index in [0.717, 1.165) is 6.92 Å². The first-order chi connectivity index (χ1) is 26.2. The minimum atomic E-state index is -2.12. The molecule has 2 aromatic carbocycles. The van der Waals surface area contributed by atoms with Gasteiger partial charge >= 0.3 is 23.9 Å². The number of carbonyl (C=O) groups is 5. The van der Waals surface area contributed by atoms with Gasteiger partial charge in [0, 0.05) is 38.5 Å². The highest BCUT2D eigenvalue weighted by Gasteiger charge is 2.66. The predicted octanol–water partition coefficient (Wildman–Crippen LogP) is 4.09. The van der Waals surface area contributed by atoms with E-state index in [1.54, 1.807) is 81.4 Å². The second-order valence-electron chi connectivity index (χ2n) is 15.9. The number of aliphatic hydroxyl groups is 3. The van der Waals surface area contributed by atoms with Gasteiger partial charge in [-0.25, -0.2) is 9.59 Å². The Morgan fingerprint density at radius 2 is 1.54 bits per heavy atom. The quantitative estimate of drug-likeness (QED) is 0.149. The number of fused-ring (bicyclic) bond motifs is 1. The van der Waals surface area contributed by atoms with E-state index in [2.05, 4.69) is 5.32 Å². The van der Waals surface area contributed by atoms with Crippen LogP contribution < -0.4 is 0 Å². The van der Waals surface area contributed by atoms with Gasteiger partial charge in [-0.05, 0) is 44.1 Å². The molecule has 304 valence electrons. The highest BCUT2D eigenvalue weighted by molar-refractivity contribution is 5.94. The van der Waals surface area contributed by atoms with Crippen molar-refractivity contribution in [3.05, 3.63) is 88.3 Å². The van der Waals surface area contributed by atoms with E-state index in [1.807, 2.05) is 0 Å². The van der Waals surface area contributed by atoms with Crippen LogP contribution in [-0.4, -0.2) is 106 Å². The molecule has 0 spiro atoms. The Morgan fingerprint density at radius 1 is 0.929 bits per heavy atom. The minimum Gasteiger partial charge on any atom is -0.656 e. The normalized spacial score (nSPS) is 30.3. The van der Waals surface area contributed by atoms with Gasteiger partial charge in [0.1, 0.15) is 30.0 Å². The van der Waals surface area contributed by atoms with Crippen LogP contribution in [0.2, 0.25) is 0 Å². The molecule has 0 amide bonds. The highest BCUT2D eigenvalue weighted by atomic mass is 16.6. The molecule has 5 rings (SSSR count). The first-order valence-corrected chi connectivity index (χ1v) is 18.6. The summed E-state index contributed by atoms with van der Waals surface area (Å²) in [6.45, 7) is 10.0. The molecule has 10 atom stereocenters. The molecule has 3 aliphatic rings. The number of ketones is 1. The number of rotatable bonds is 13. The molecule has 1 saturated heterocycles. The molecular weight excluding hydrogens is 726 g/mol. The van der Waals surface area contributed by atoms with Gasteiger partial charge in [0.25, 0.3) is 0 Å². The van der Waals surface area contributed by atoms with Crippen LogP contribution in [0.25, 0.3) is 5.32 Å². The molecule has 3 N–H and O–H groups in total. The Hall–Kier alpha value is -4.47. The summed E-state index contributed by atoms with van der Waals surface area (Å²) in [6, 6.07) is 15.7. The number of hydrogen-bond donors (Lipinski definition) is 3. The summed E-state index contributed by atoms with van der Waals surface area (Å²) >= 11 is 0. The molecule has 1 saturated carbocycles. The van der Waals surface area contributed by atoms with Crippen molar-refractivity contribution in [3.8, 4) is 0 Å². The maximum absolute atomic E-state index is 15.1. The number of aliphatic hydroxyl groups excluding tert-OH is 2. The van der Waals surface area contributed by atoms with E-state index in [4.69, 9.17) is 23.7 Å². The number of likely N-dealkylation sites (N-methyl/N-ethyl adjacent to an activating group) is 1. The summed E-state index contributed by atoms with van der Waals surface area (Å²) in [6.07, 6.45) is -8.87. The van der Waals surface area contributed by atoms with Crippen LogP contribution in [0.4, 0.5) is 0 Å². The molecule has 0 aromatic heterocycles. The van der Waals surface area contributed by atoms with Crippen molar-refractivity contribution < 1.29 is 63.0 Å². The number of benzene rings is 2. The van der Waals surface area contributed by atoms with Crippen LogP contribution in [0, 0.1) is 10.8 Å². The lowest BCUT2D eigenvalue weighted by atomic mass is 9.55. The van der Waals surface area contributed by atoms with E-state index in [0.29, 0.717) is 5.56 Å². The summed E-state index contributed by atoms with van der Waals surface area (Å²) in [4.78, 5) is 67.4. The Bertz CT molecular complexity index is 1850. The van der Waals surface area contributed by atoms with Gasteiger partial charge in [-0.3, -0.25) is 14.4 Å². The van der Waals surface area contributed by atoms with E-state index in [-0.39, 0.29) is 42.6 Å². The Labute approximate surface area is 326 Å². The molecule has 0 radical (unpaired) electrons. The van der Waals surface area contributed by atoms with Crippen LogP contribution in [0.1, 0.15) is 89.7 Å². The van der Waals surface area contributed by atoms with Crippen molar-refractivity contribution in [2.24, 2.45) is 10.8 Å². The summed E-state index contributed by atoms with van der Waals surface area (Å²) in [5.74, 6) is -4.09. The number of ether oxygens (including phenoxy) is 5. The highest BCUT2D eigenvalue weighted by Crippen LogP contribution is 2.56. The molecule has 2 aromatic rings. The fourth-order valence-electron chi connectivity index (χ4n) is 8.71. The van der Waals surface area contributed by atoms with Gasteiger partial charge in [-0.1, -0.05) is 74.0 Å². The maximum Gasteiger partial charge on any atom is 0.338 e. The average molecular weight is 779 g/mol. The predicted molar refractivity (Wildman–Crippen MR) is 200 cm³/mol. The first-order valence-electron chi connectivity index (χ1n) is 18.6. The molecule has 2 fully saturated rings. The molecule has 1 aliphatic heterocycles. The number of Topliss-reactive ketones (excluding diaryl/α,β-unsaturated/α-hetero) is 1. The largest absolute Gasteiger partial charge is 0.656 e. The summed E-state index contributed by atoms with van der Waals surface area (Å²) in [7, 11) is 1.45. The first kappa shape index (κ1) is 42.7. The molecule has 2 aliphatic carbocycles. The van der Waals surface area contributed by atoms with Crippen molar-refractivity contribution in [2.75, 3.05) is 13.7 Å². The molecular formula is C42H52NO13-. The third-order valence-corrected chi connectivity index (χ3v) is 12.0. The maximum atomic E-state index is 15.1. The van der Waals surface area contributed by atoms with Gasteiger partial charge in [-0.15, -0.1) is 0 Å². The fraction of sp³-hybridized carbons (Fsp3) is 0.548. The van der Waals surface area contributed by atoms with Crippen molar-refractivity contribution in [2.45, 2.75) is 122 Å². The molecule has 1 heterocycles. The third kappa shape index (κ3) is 7.77. The van der Waals surface area contributed by atoms with Crippen LogP contribution in [0.3, 0.4) is 0 Å². The SMILES string of the molecule is C[N-][C@@H](c1ccccc1)[C@@H](O)C(=O)O[C@H]1C[C@@](O)([C@H](C)OC(=O)c2ccccc2)C(C)(C)C([C@@H](OC(C)=O)C(=O)[C@@]2(C)C[C@]3(OC(C)=O)CO[C@@H]3C[C@@H]2O)=C1C. The zero-order chi connectivity index (χ0) is 41.4. The van der Waals surface area contributed by atoms with Gasteiger partial charge in [0.15, 0.2) is 17.5 Å². The van der Waals surface area contributed by atoms with Crippen LogP contribution in [-0.2, 0) is 42.9 Å². The average Bonchev–Trinajstić information content (AvgIpc) is 3.14. The van der Waals surface area contributed by atoms with Gasteiger partial charge in [0.05, 0.1) is 23.7 Å². The van der Waals surface area contributed by atoms with Crippen molar-refractivity contribution in [3.63, 3.8) is 0 Å². The van der Waals surface area contributed by atoms with E-state index >= 15 is 4.79 Å². The van der Waals surface area contributed by atoms with Crippen LogP contribution >= 0.6 is 0 Å². The van der Waals surface area contributed by atoms with Gasteiger partial charge in [0.2, 0.25) is 0 Å². The second kappa shape index (κ2) is 16.2. The zero-order valence-corrected chi connectivity index (χ0v) is 33.0. The van der Waals surface area contributed by atoms with Crippen LogP contribution in [0.15, 0.2) is 71.8 Å². The van der Waals surface area contributed by atoms with Gasteiger partial charge < -0.3 is 44.3 Å². The van der Waals surface area contributed by atoms with Crippen LogP contribution in [0.5, 0.6) is 0 Å². The second-order valence-corrected chi connectivity index (χ2v) is 15.9. The van der Waals surface area contributed by atoms with Gasteiger partial charge in [-0.2, -0.15) is 7.05 Å². The topological polar surface area (TPSA) is 206 Å². The van der Waals surface area contributed by atoms with Crippen molar-refractivity contribution in [1.82, 2.24) is 0 Å². The van der Waals surface area contributed by atoms with Crippen molar-refractivity contribution >= 4 is 29.7 Å². The lowest BCUT2D eigenvalue weighted by molar-refractivity contribution is -0.291. The Balaban J connectivity index is 1.61. The van der Waals surface area contributed by atoms with E-state index < -0.39 is 94.4 Å². The fourth-order valence-corrected chi connectivity index (χ4v) is 8.71. The standard InChI is InChI=1S/C42H52NO13/c1-23-29(55-38(50)34(47)33(43-8)27-15-11-9-12-16-27)20-42(51,24(2)53-37(49)28-17-13-10-14-18-28)39(5,6)32(23)35(54-25(3)44)36(48)40(7)21-41(56-26(4)45)22-52-31(41)19-30(40)46/h9-18,24,29-31,33-35,46-47,51H,19-22H2,1-8H3/q-1/t24-,29-,30-,31+,33-,34+,35+,40-,41-,42+/m0/s1. The minimum absolute atomic E-state index is 0.0172. The number of hydrogen-bond acceptors (Lipinski definition) is 13. The number of nitrogens with zero attached hydrogens (tertiary/aromatic N) is 1. The third-order valence-electron chi connectivity index (χ3n) is 12.0. The zero-order valence-electron chi connectivity index (χ0n) is 33.0. The number of carbonyl (C=O) groups excluding carboxylic acids is 5. The molecule has 0 bridgehead atoms. The summed E-state index contributed by atoms with van der Waals surface area (Å²) < 4.78 is 29.0. The molecule has 14 nitrogen and oxygen atoms in total. The Kier molecular flexibility index (Phi) is 12.3. The smallest absolute Gasteiger partial charge is 0.338 e. The molecule has 0 unspecified atom stereocenters. The van der Waals surface area contributed by atoms with Crippen molar-refractivity contribution in [1.29, 1.82) is 0 Å². The molecule has 14 heteroatoms. The van der Waals surface area contributed by atoms with E-state index in [9.17, 15) is 34.5 Å². The van der Waals surface area contributed by atoms with E-state index in [1.165, 1.54) is 27.8 Å². The Morgan fingerprint density at radius 3 is 2.07 bits per heavy atom. The summed E-state index contributed by atoms with van der Waals surface area (Å²) in [5, 5.41) is 39.9. The lowest BCUT2D eigenvalue weighted by Gasteiger charge is -2.58. The summed E-state index contributed by atoms with van der Waals surface area (Å²) in [5.41, 5.74) is -5.60.